The van der Waals surface area contributed by atoms with Crippen LogP contribution in [-0.2, 0) is 27.7 Å². The monoisotopic (exact) mass is 342 g/mol. The van der Waals surface area contributed by atoms with E-state index in [0.29, 0.717) is 18.7 Å². The van der Waals surface area contributed by atoms with Crippen molar-refractivity contribution in [2.45, 2.75) is 30.7 Å². The number of nitrogens with zero attached hydrogens (tertiary/aromatic N) is 1. The lowest BCUT2D eigenvalue weighted by atomic mass is 9.96. The Bertz CT molecular complexity index is 937. The van der Waals surface area contributed by atoms with E-state index in [2.05, 4.69) is 11.4 Å². The first-order valence-corrected chi connectivity index (χ1v) is 9.43. The lowest BCUT2D eigenvalue weighted by Gasteiger charge is -2.34. The van der Waals surface area contributed by atoms with Crippen LogP contribution in [0.4, 0.5) is 5.69 Å². The van der Waals surface area contributed by atoms with E-state index in [1.807, 2.05) is 25.1 Å². The van der Waals surface area contributed by atoms with Gasteiger partial charge in [0.15, 0.2) is 0 Å². The van der Waals surface area contributed by atoms with Gasteiger partial charge < -0.3 is 5.32 Å². The minimum Gasteiger partial charge on any atom is -0.326 e. The van der Waals surface area contributed by atoms with Crippen LogP contribution < -0.4 is 5.32 Å². The molecule has 0 radical (unpaired) electrons. The van der Waals surface area contributed by atoms with Crippen LogP contribution in [0.5, 0.6) is 0 Å². The largest absolute Gasteiger partial charge is 0.326 e. The van der Waals surface area contributed by atoms with Gasteiger partial charge in [0.25, 0.3) is 0 Å². The third kappa shape index (κ3) is 2.34. The van der Waals surface area contributed by atoms with Gasteiger partial charge in [-0.15, -0.1) is 0 Å². The van der Waals surface area contributed by atoms with Crippen molar-refractivity contribution in [2.75, 3.05) is 11.9 Å². The fourth-order valence-corrected chi connectivity index (χ4v) is 5.24. The van der Waals surface area contributed by atoms with Crippen molar-refractivity contribution in [3.05, 3.63) is 59.2 Å². The first-order chi connectivity index (χ1) is 11.5. The summed E-state index contributed by atoms with van der Waals surface area (Å²) in [7, 11) is -3.60. The molecule has 1 amide bonds. The molecule has 2 aliphatic rings. The van der Waals surface area contributed by atoms with E-state index in [0.717, 1.165) is 11.1 Å². The Hall–Kier alpha value is -2.18. The lowest BCUT2D eigenvalue weighted by molar-refractivity contribution is -0.115. The van der Waals surface area contributed by atoms with Crippen molar-refractivity contribution in [1.29, 1.82) is 0 Å². The molecule has 0 bridgehead atoms. The zero-order valence-electron chi connectivity index (χ0n) is 13.3. The van der Waals surface area contributed by atoms with Gasteiger partial charge in [-0.25, -0.2) is 8.42 Å². The number of carbonyl (C=O) groups excluding carboxylic acids is 1. The van der Waals surface area contributed by atoms with Gasteiger partial charge in [0.05, 0.1) is 11.3 Å². The summed E-state index contributed by atoms with van der Waals surface area (Å²) in [6.45, 7) is 2.39. The molecule has 0 saturated carbocycles. The molecule has 0 fully saturated rings. The van der Waals surface area contributed by atoms with Gasteiger partial charge in [-0.2, -0.15) is 4.31 Å². The van der Waals surface area contributed by atoms with E-state index in [9.17, 15) is 13.2 Å². The molecule has 2 aliphatic heterocycles. The Balaban J connectivity index is 1.72. The van der Waals surface area contributed by atoms with Crippen LogP contribution in [0.25, 0.3) is 0 Å². The van der Waals surface area contributed by atoms with E-state index >= 15 is 0 Å². The molecule has 5 nitrogen and oxygen atoms in total. The number of hydrogen-bond acceptors (Lipinski definition) is 3. The lowest BCUT2D eigenvalue weighted by Crippen LogP contribution is -2.38. The minimum atomic E-state index is -3.60. The molecule has 0 aromatic heterocycles. The second-order valence-corrected chi connectivity index (χ2v) is 8.18. The number of amides is 1. The van der Waals surface area contributed by atoms with Gasteiger partial charge in [-0.1, -0.05) is 24.3 Å². The maximum absolute atomic E-state index is 13.1. The predicted molar refractivity (Wildman–Crippen MR) is 91.2 cm³/mol. The number of hydrogen-bond donors (Lipinski definition) is 1. The fraction of sp³-hybridized carbons (Fsp3) is 0.278. The molecule has 0 saturated heterocycles. The number of fused-ring (bicyclic) bond motifs is 2. The van der Waals surface area contributed by atoms with Gasteiger partial charge in [-0.05, 0) is 48.2 Å². The fourth-order valence-electron chi connectivity index (χ4n) is 3.58. The highest BCUT2D eigenvalue weighted by Gasteiger charge is 2.34. The highest BCUT2D eigenvalue weighted by atomic mass is 32.2. The van der Waals surface area contributed by atoms with Crippen LogP contribution in [0.3, 0.4) is 0 Å². The van der Waals surface area contributed by atoms with E-state index in [4.69, 9.17) is 0 Å². The zero-order valence-corrected chi connectivity index (χ0v) is 14.1. The van der Waals surface area contributed by atoms with Gasteiger partial charge in [-0.3, -0.25) is 4.79 Å². The van der Waals surface area contributed by atoms with Crippen LogP contribution in [0.15, 0.2) is 47.4 Å². The summed E-state index contributed by atoms with van der Waals surface area (Å²) in [5, 5.41) is 2.73. The van der Waals surface area contributed by atoms with Gasteiger partial charge >= 0.3 is 0 Å². The number of carbonyl (C=O) groups is 1. The molecule has 2 aromatic rings. The second kappa shape index (κ2) is 5.43. The van der Waals surface area contributed by atoms with Crippen LogP contribution >= 0.6 is 0 Å². The predicted octanol–water partition coefficient (Wildman–Crippen LogP) is 2.49. The molecule has 1 unspecified atom stereocenters. The van der Waals surface area contributed by atoms with Gasteiger partial charge in [0.1, 0.15) is 0 Å². The minimum absolute atomic E-state index is 0.0974. The summed E-state index contributed by atoms with van der Waals surface area (Å²) in [5.41, 5.74) is 3.72. The third-order valence-corrected chi connectivity index (χ3v) is 6.81. The summed E-state index contributed by atoms with van der Waals surface area (Å²) < 4.78 is 27.8. The highest BCUT2D eigenvalue weighted by molar-refractivity contribution is 7.89. The molecule has 2 heterocycles. The summed E-state index contributed by atoms with van der Waals surface area (Å²) in [5.74, 6) is -0.0974. The Kier molecular flexibility index (Phi) is 3.47. The van der Waals surface area contributed by atoms with Crippen molar-refractivity contribution < 1.29 is 13.2 Å². The molecule has 4 rings (SSSR count). The van der Waals surface area contributed by atoms with Crippen LogP contribution in [0.1, 0.15) is 29.7 Å². The van der Waals surface area contributed by atoms with E-state index < -0.39 is 10.0 Å². The Morgan fingerprint density at radius 1 is 1.12 bits per heavy atom. The molecular weight excluding hydrogens is 324 g/mol. The Labute approximate surface area is 141 Å². The number of rotatable bonds is 2. The van der Waals surface area contributed by atoms with E-state index in [-0.39, 0.29) is 23.3 Å². The second-order valence-electron chi connectivity index (χ2n) is 6.28. The first kappa shape index (κ1) is 15.4. The van der Waals surface area contributed by atoms with Crippen molar-refractivity contribution in [1.82, 2.24) is 4.31 Å². The molecule has 0 spiro atoms. The highest BCUT2D eigenvalue weighted by Crippen LogP contribution is 2.35. The van der Waals surface area contributed by atoms with Crippen molar-refractivity contribution in [3.63, 3.8) is 0 Å². The summed E-state index contributed by atoms with van der Waals surface area (Å²) in [6, 6.07) is 12.7. The van der Waals surface area contributed by atoms with Crippen molar-refractivity contribution >= 4 is 21.6 Å². The van der Waals surface area contributed by atoms with Crippen LogP contribution in [0, 0.1) is 0 Å². The van der Waals surface area contributed by atoms with Gasteiger partial charge in [0.2, 0.25) is 15.9 Å². The van der Waals surface area contributed by atoms with Crippen LogP contribution in [-0.4, -0.2) is 25.2 Å². The number of sulfonamides is 1. The van der Waals surface area contributed by atoms with E-state index in [1.165, 1.54) is 5.56 Å². The summed E-state index contributed by atoms with van der Waals surface area (Å²) in [4.78, 5) is 11.7. The Morgan fingerprint density at radius 3 is 2.75 bits per heavy atom. The molecule has 1 atom stereocenters. The smallest absolute Gasteiger partial charge is 0.243 e. The summed E-state index contributed by atoms with van der Waals surface area (Å²) >= 11 is 0. The average Bonchev–Trinajstić information content (AvgIpc) is 2.94. The standard InChI is InChI=1S/C18H18N2O3S/c1-12-16-5-3-2-4-13(16)8-9-20(12)24(22,23)15-6-7-17-14(10-15)11-18(21)19-17/h2-7,10,12H,8-9,11H2,1H3,(H,19,21). The van der Waals surface area contributed by atoms with E-state index in [1.54, 1.807) is 22.5 Å². The maximum atomic E-state index is 13.1. The SMILES string of the molecule is CC1c2ccccc2CCN1S(=O)(=O)c1ccc2c(c1)CC(=O)N2. The zero-order chi connectivity index (χ0) is 16.9. The number of nitrogens with one attached hydrogen (secondary N) is 1. The normalized spacial score (nSPS) is 20.4. The molecule has 24 heavy (non-hydrogen) atoms. The molecule has 6 heteroatoms. The first-order valence-electron chi connectivity index (χ1n) is 7.99. The summed E-state index contributed by atoms with van der Waals surface area (Å²) in [6.07, 6.45) is 0.946. The van der Waals surface area contributed by atoms with Gasteiger partial charge in [0, 0.05) is 18.3 Å². The third-order valence-electron chi connectivity index (χ3n) is 4.85. The number of anilines is 1. The molecule has 124 valence electrons. The topological polar surface area (TPSA) is 66.5 Å². The molecular formula is C18H18N2O3S. The molecule has 2 aromatic carbocycles. The average molecular weight is 342 g/mol. The molecule has 0 aliphatic carbocycles. The Morgan fingerprint density at radius 2 is 1.92 bits per heavy atom. The molecule has 1 N–H and O–H groups in total. The quantitative estimate of drug-likeness (QED) is 0.912. The van der Waals surface area contributed by atoms with Crippen LogP contribution in [0.2, 0.25) is 0 Å². The maximum Gasteiger partial charge on any atom is 0.243 e. The number of benzene rings is 2. The van der Waals surface area contributed by atoms with Crippen molar-refractivity contribution in [2.24, 2.45) is 0 Å². The van der Waals surface area contributed by atoms with Crippen molar-refractivity contribution in [3.8, 4) is 0 Å².